The molecule has 0 atom stereocenters. The summed E-state index contributed by atoms with van der Waals surface area (Å²) in [6.45, 7) is 6.11. The lowest BCUT2D eigenvalue weighted by molar-refractivity contribution is -0.134. The maximum Gasteiger partial charge on any atom is 0.311 e. The third-order valence-corrected chi connectivity index (χ3v) is 5.96. The first kappa shape index (κ1) is 28.8. The van der Waals surface area contributed by atoms with Gasteiger partial charge in [0.1, 0.15) is 5.75 Å². The molecular formula is C31H45NO3. The Morgan fingerprint density at radius 3 is 2.26 bits per heavy atom. The molecule has 0 unspecified atom stereocenters. The number of esters is 1. The molecule has 4 nitrogen and oxygen atoms in total. The lowest BCUT2D eigenvalue weighted by atomic mass is 10.0. The molecule has 1 aromatic heterocycles. The summed E-state index contributed by atoms with van der Waals surface area (Å²) in [6, 6.07) is 12.3. The number of aryl methyl sites for hydroxylation is 1. The fraction of sp³-hybridized carbons (Fsp3) is 0.548. The summed E-state index contributed by atoms with van der Waals surface area (Å²) in [5, 5.41) is 0. The van der Waals surface area contributed by atoms with Gasteiger partial charge in [0.2, 0.25) is 0 Å². The van der Waals surface area contributed by atoms with Crippen LogP contribution in [0.1, 0.15) is 96.5 Å². The van der Waals surface area contributed by atoms with Crippen molar-refractivity contribution in [1.82, 2.24) is 4.98 Å². The molecule has 1 heterocycles. The Morgan fingerprint density at radius 2 is 1.57 bits per heavy atom. The number of rotatable bonds is 19. The van der Waals surface area contributed by atoms with E-state index in [0.717, 1.165) is 63.0 Å². The van der Waals surface area contributed by atoms with Gasteiger partial charge in [0.25, 0.3) is 0 Å². The van der Waals surface area contributed by atoms with Gasteiger partial charge in [0, 0.05) is 25.2 Å². The minimum atomic E-state index is -0.187. The molecule has 0 spiro atoms. The summed E-state index contributed by atoms with van der Waals surface area (Å²) < 4.78 is 11.0. The van der Waals surface area contributed by atoms with Crippen molar-refractivity contribution >= 4 is 5.97 Å². The Balaban J connectivity index is 1.64. The first-order chi connectivity index (χ1) is 17.2. The van der Waals surface area contributed by atoms with Gasteiger partial charge in [0.05, 0.1) is 11.9 Å². The molecule has 2 rings (SSSR count). The monoisotopic (exact) mass is 479 g/mol. The number of hydrogen-bond acceptors (Lipinski definition) is 4. The molecule has 0 bridgehead atoms. The van der Waals surface area contributed by atoms with E-state index in [0.29, 0.717) is 12.2 Å². The van der Waals surface area contributed by atoms with Gasteiger partial charge in [-0.25, -0.2) is 0 Å². The number of hydrogen-bond donors (Lipinski definition) is 0. The van der Waals surface area contributed by atoms with Crippen LogP contribution in [-0.4, -0.2) is 24.2 Å². The first-order valence-electron chi connectivity index (χ1n) is 13.7. The van der Waals surface area contributed by atoms with Crippen LogP contribution in [0.25, 0.3) is 11.3 Å². The maximum absolute atomic E-state index is 12.1. The van der Waals surface area contributed by atoms with Gasteiger partial charge in [-0.2, -0.15) is 0 Å². The zero-order chi connectivity index (χ0) is 25.0. The van der Waals surface area contributed by atoms with Crippen LogP contribution in [0, 0.1) is 0 Å². The summed E-state index contributed by atoms with van der Waals surface area (Å²) in [5.41, 5.74) is 3.30. The molecule has 0 saturated heterocycles. The van der Waals surface area contributed by atoms with Gasteiger partial charge in [-0.3, -0.25) is 9.78 Å². The summed E-state index contributed by atoms with van der Waals surface area (Å²) in [6.07, 6.45) is 20.2. The summed E-state index contributed by atoms with van der Waals surface area (Å²) in [5.74, 6) is 0.321. The van der Waals surface area contributed by atoms with Crippen molar-refractivity contribution in [2.24, 2.45) is 0 Å². The number of ether oxygens (including phenoxy) is 2. The predicted molar refractivity (Wildman–Crippen MR) is 146 cm³/mol. The molecule has 0 N–H and O–H groups in total. The van der Waals surface area contributed by atoms with Crippen molar-refractivity contribution in [2.75, 3.05) is 13.2 Å². The van der Waals surface area contributed by atoms with Gasteiger partial charge >= 0.3 is 5.97 Å². The fourth-order valence-corrected chi connectivity index (χ4v) is 3.87. The van der Waals surface area contributed by atoms with Gasteiger partial charge in [0.15, 0.2) is 0 Å². The highest BCUT2D eigenvalue weighted by Crippen LogP contribution is 2.21. The smallest absolute Gasteiger partial charge is 0.311 e. The molecular weight excluding hydrogens is 434 g/mol. The molecule has 4 heteroatoms. The van der Waals surface area contributed by atoms with Crippen LogP contribution in [0.15, 0.2) is 54.7 Å². The van der Waals surface area contributed by atoms with E-state index in [2.05, 4.69) is 55.2 Å². The Hall–Kier alpha value is -2.46. The molecule has 0 amide bonds. The Bertz CT molecular complexity index is 827. The van der Waals surface area contributed by atoms with Crippen LogP contribution < -0.4 is 4.74 Å². The fourth-order valence-electron chi connectivity index (χ4n) is 3.87. The molecule has 0 saturated carbocycles. The minimum absolute atomic E-state index is 0.187. The van der Waals surface area contributed by atoms with Crippen molar-refractivity contribution in [2.45, 2.75) is 97.3 Å². The predicted octanol–water partition coefficient (Wildman–Crippen LogP) is 8.49. The van der Waals surface area contributed by atoms with Gasteiger partial charge < -0.3 is 9.47 Å². The Morgan fingerprint density at radius 1 is 0.800 bits per heavy atom. The first-order valence-corrected chi connectivity index (χ1v) is 13.7. The number of pyridine rings is 1. The molecule has 0 fully saturated rings. The highest BCUT2D eigenvalue weighted by molar-refractivity contribution is 5.72. The standard InChI is InChI=1S/C31H45NO3/c1-3-5-6-7-8-9-10-11-14-17-31(33)35-29-22-23-30(32-26-29)28-20-18-27(19-21-28)16-13-12-15-25-34-24-4-2/h8-9,18-23,26H,3-7,10-17,24-25H2,1-2H3/b9-8+. The zero-order valence-corrected chi connectivity index (χ0v) is 22.0. The average Bonchev–Trinajstić information content (AvgIpc) is 2.88. The van der Waals surface area contributed by atoms with Crippen LogP contribution in [-0.2, 0) is 16.0 Å². The van der Waals surface area contributed by atoms with Crippen molar-refractivity contribution < 1.29 is 14.3 Å². The van der Waals surface area contributed by atoms with Crippen molar-refractivity contribution in [3.8, 4) is 17.0 Å². The largest absolute Gasteiger partial charge is 0.425 e. The Labute approximate surface area is 213 Å². The molecule has 2 aromatic rings. The lowest BCUT2D eigenvalue weighted by Crippen LogP contribution is -2.07. The summed E-state index contributed by atoms with van der Waals surface area (Å²) in [4.78, 5) is 16.6. The number of allylic oxidation sites excluding steroid dienone is 2. The third-order valence-electron chi connectivity index (χ3n) is 5.96. The SMILES string of the molecule is CCCCC/C=C/CCCCC(=O)Oc1ccc(-c2ccc(CCCCCOCCC)cc2)nc1. The molecule has 0 aliphatic rings. The molecule has 192 valence electrons. The molecule has 35 heavy (non-hydrogen) atoms. The van der Waals surface area contributed by atoms with Gasteiger partial charge in [-0.1, -0.05) is 69.5 Å². The van der Waals surface area contributed by atoms with Crippen LogP contribution in [0.2, 0.25) is 0 Å². The normalized spacial score (nSPS) is 11.3. The second-order valence-corrected chi connectivity index (χ2v) is 9.19. The lowest BCUT2D eigenvalue weighted by Gasteiger charge is -2.07. The second-order valence-electron chi connectivity index (χ2n) is 9.19. The molecule has 0 radical (unpaired) electrons. The molecule has 1 aromatic carbocycles. The van der Waals surface area contributed by atoms with E-state index < -0.39 is 0 Å². The van der Waals surface area contributed by atoms with E-state index in [4.69, 9.17) is 9.47 Å². The number of nitrogens with zero attached hydrogens (tertiary/aromatic N) is 1. The highest BCUT2D eigenvalue weighted by atomic mass is 16.5. The average molecular weight is 480 g/mol. The number of benzene rings is 1. The number of unbranched alkanes of at least 4 members (excludes halogenated alkanes) is 7. The molecule has 0 aliphatic heterocycles. The van der Waals surface area contributed by atoms with Crippen molar-refractivity contribution in [3.63, 3.8) is 0 Å². The Kier molecular flexibility index (Phi) is 15.5. The zero-order valence-electron chi connectivity index (χ0n) is 22.0. The van der Waals surface area contributed by atoms with E-state index in [-0.39, 0.29) is 5.97 Å². The number of aromatic nitrogens is 1. The van der Waals surface area contributed by atoms with Crippen LogP contribution in [0.3, 0.4) is 0 Å². The van der Waals surface area contributed by atoms with Crippen LogP contribution >= 0.6 is 0 Å². The second kappa shape index (κ2) is 18.8. The number of carbonyl (C=O) groups is 1. The third kappa shape index (κ3) is 13.3. The summed E-state index contributed by atoms with van der Waals surface area (Å²) >= 11 is 0. The topological polar surface area (TPSA) is 48.4 Å². The quantitative estimate of drug-likeness (QED) is 0.115. The van der Waals surface area contributed by atoms with Crippen molar-refractivity contribution in [1.29, 1.82) is 0 Å². The van der Waals surface area contributed by atoms with Gasteiger partial charge in [-0.05, 0) is 75.5 Å². The van der Waals surface area contributed by atoms with E-state index in [1.54, 1.807) is 6.20 Å². The van der Waals surface area contributed by atoms with E-state index in [9.17, 15) is 4.79 Å². The van der Waals surface area contributed by atoms with E-state index >= 15 is 0 Å². The van der Waals surface area contributed by atoms with Gasteiger partial charge in [-0.15, -0.1) is 0 Å². The van der Waals surface area contributed by atoms with Crippen LogP contribution in [0.5, 0.6) is 5.75 Å². The minimum Gasteiger partial charge on any atom is -0.425 e. The van der Waals surface area contributed by atoms with E-state index in [1.165, 1.54) is 44.1 Å². The summed E-state index contributed by atoms with van der Waals surface area (Å²) in [7, 11) is 0. The number of carbonyl (C=O) groups excluding carboxylic acids is 1. The highest BCUT2D eigenvalue weighted by Gasteiger charge is 2.06. The maximum atomic E-state index is 12.1. The van der Waals surface area contributed by atoms with E-state index in [1.807, 2.05) is 12.1 Å². The van der Waals surface area contributed by atoms with Crippen molar-refractivity contribution in [3.05, 3.63) is 60.3 Å². The molecule has 0 aliphatic carbocycles. The van der Waals surface area contributed by atoms with Crippen LogP contribution in [0.4, 0.5) is 0 Å².